The largest absolute Gasteiger partial charge is 0.298 e. The smallest absolute Gasteiger partial charge is 0.148 e. The molecule has 0 radical (unpaired) electrons. The third kappa shape index (κ3) is 5.04. The Kier molecular flexibility index (Phi) is 5.31. The fourth-order valence-corrected chi connectivity index (χ4v) is 3.20. The fourth-order valence-electron chi connectivity index (χ4n) is 1.65. The molecule has 0 aliphatic rings. The Labute approximate surface area is 116 Å². The highest BCUT2D eigenvalue weighted by atomic mass is 79.9. The van der Waals surface area contributed by atoms with Gasteiger partial charge in [-0.25, -0.2) is 12.8 Å². The van der Waals surface area contributed by atoms with Gasteiger partial charge in [0.1, 0.15) is 15.7 Å². The van der Waals surface area contributed by atoms with Crippen molar-refractivity contribution in [2.24, 2.45) is 0 Å². The summed E-state index contributed by atoms with van der Waals surface area (Å²) in [4.78, 5) is 1.93. The van der Waals surface area contributed by atoms with Gasteiger partial charge in [-0.15, -0.1) is 0 Å². The van der Waals surface area contributed by atoms with Gasteiger partial charge in [0, 0.05) is 18.8 Å². The Morgan fingerprint density at radius 1 is 1.44 bits per heavy atom. The van der Waals surface area contributed by atoms with Gasteiger partial charge >= 0.3 is 0 Å². The summed E-state index contributed by atoms with van der Waals surface area (Å²) < 4.78 is 35.9. The van der Waals surface area contributed by atoms with E-state index in [2.05, 4.69) is 15.9 Å². The molecule has 1 aromatic rings. The molecule has 18 heavy (non-hydrogen) atoms. The minimum absolute atomic E-state index is 0.0798. The first kappa shape index (κ1) is 15.6. The third-order valence-electron chi connectivity index (χ3n) is 2.71. The second-order valence-corrected chi connectivity index (χ2v) is 7.64. The first-order valence-corrected chi connectivity index (χ1v) is 8.36. The van der Waals surface area contributed by atoms with Crippen LogP contribution in [0, 0.1) is 5.82 Å². The minimum atomic E-state index is -2.99. The zero-order valence-electron chi connectivity index (χ0n) is 10.7. The number of halogens is 2. The van der Waals surface area contributed by atoms with Crippen molar-refractivity contribution < 1.29 is 12.8 Å². The first-order chi connectivity index (χ1) is 8.19. The number of benzene rings is 1. The van der Waals surface area contributed by atoms with E-state index in [1.54, 1.807) is 12.1 Å². The lowest BCUT2D eigenvalue weighted by molar-refractivity contribution is 0.267. The van der Waals surface area contributed by atoms with Crippen molar-refractivity contribution in [2.75, 3.05) is 19.1 Å². The molecule has 0 saturated carbocycles. The van der Waals surface area contributed by atoms with E-state index < -0.39 is 9.84 Å². The van der Waals surface area contributed by atoms with Crippen LogP contribution in [0.1, 0.15) is 12.5 Å². The van der Waals surface area contributed by atoms with E-state index in [-0.39, 0.29) is 17.6 Å². The van der Waals surface area contributed by atoms with Crippen LogP contribution in [0.25, 0.3) is 0 Å². The number of hydrogen-bond acceptors (Lipinski definition) is 3. The molecule has 6 heteroatoms. The Hall–Kier alpha value is -0.460. The highest BCUT2D eigenvalue weighted by Crippen LogP contribution is 2.18. The first-order valence-electron chi connectivity index (χ1n) is 5.51. The molecule has 0 amide bonds. The quantitative estimate of drug-likeness (QED) is 0.828. The van der Waals surface area contributed by atoms with Gasteiger partial charge in [-0.05, 0) is 47.6 Å². The zero-order chi connectivity index (χ0) is 13.9. The van der Waals surface area contributed by atoms with Crippen molar-refractivity contribution in [3.63, 3.8) is 0 Å². The Morgan fingerprint density at radius 3 is 2.56 bits per heavy atom. The van der Waals surface area contributed by atoms with Crippen LogP contribution in [0.2, 0.25) is 0 Å². The topological polar surface area (TPSA) is 37.4 Å². The standard InChI is InChI=1S/C12H17BrFNO2S/c1-9(8-18(3,16)17)15(2)7-10-4-5-12(14)11(13)6-10/h4-6,9H,7-8H2,1-3H3/t9-/m0/s1. The average molecular weight is 338 g/mol. The molecule has 1 atom stereocenters. The summed E-state index contributed by atoms with van der Waals surface area (Å²) in [6.07, 6.45) is 1.23. The maximum absolute atomic E-state index is 13.1. The van der Waals surface area contributed by atoms with Crippen molar-refractivity contribution in [1.82, 2.24) is 4.90 Å². The molecule has 0 N–H and O–H groups in total. The van der Waals surface area contributed by atoms with Gasteiger partial charge in [-0.2, -0.15) is 0 Å². The Balaban J connectivity index is 2.69. The Bertz CT molecular complexity index is 519. The van der Waals surface area contributed by atoms with E-state index in [4.69, 9.17) is 0 Å². The lowest BCUT2D eigenvalue weighted by atomic mass is 10.2. The van der Waals surface area contributed by atoms with E-state index >= 15 is 0 Å². The highest BCUT2D eigenvalue weighted by Gasteiger charge is 2.15. The highest BCUT2D eigenvalue weighted by molar-refractivity contribution is 9.10. The van der Waals surface area contributed by atoms with E-state index in [1.165, 1.54) is 12.3 Å². The molecule has 102 valence electrons. The molecule has 0 aromatic heterocycles. The van der Waals surface area contributed by atoms with Crippen molar-refractivity contribution in [3.8, 4) is 0 Å². The number of sulfone groups is 1. The normalized spacial score (nSPS) is 13.9. The predicted molar refractivity (Wildman–Crippen MR) is 74.7 cm³/mol. The van der Waals surface area contributed by atoms with Crippen molar-refractivity contribution in [2.45, 2.75) is 19.5 Å². The van der Waals surface area contributed by atoms with Gasteiger partial charge in [0.2, 0.25) is 0 Å². The van der Waals surface area contributed by atoms with Crippen LogP contribution in [0.3, 0.4) is 0 Å². The molecule has 0 bridgehead atoms. The van der Waals surface area contributed by atoms with Crippen LogP contribution in [-0.4, -0.2) is 38.4 Å². The monoisotopic (exact) mass is 337 g/mol. The SMILES string of the molecule is C[C@@H](CS(C)(=O)=O)N(C)Cc1ccc(F)c(Br)c1. The summed E-state index contributed by atoms with van der Waals surface area (Å²) in [6.45, 7) is 2.44. The van der Waals surface area contributed by atoms with Crippen LogP contribution >= 0.6 is 15.9 Å². The molecule has 0 unspecified atom stereocenters. The summed E-state index contributed by atoms with van der Waals surface area (Å²) in [7, 11) is -1.13. The number of rotatable bonds is 5. The van der Waals surface area contributed by atoms with Gasteiger partial charge in [0.15, 0.2) is 0 Å². The molecule has 0 fully saturated rings. The summed E-state index contributed by atoms with van der Waals surface area (Å²) in [5.74, 6) is -0.183. The van der Waals surface area contributed by atoms with Gasteiger partial charge in [-0.3, -0.25) is 4.90 Å². The fraction of sp³-hybridized carbons (Fsp3) is 0.500. The number of hydrogen-bond donors (Lipinski definition) is 0. The van der Waals surface area contributed by atoms with E-state index in [1.807, 2.05) is 18.9 Å². The van der Waals surface area contributed by atoms with E-state index in [9.17, 15) is 12.8 Å². The second kappa shape index (κ2) is 6.12. The lowest BCUT2D eigenvalue weighted by Gasteiger charge is -2.24. The van der Waals surface area contributed by atoms with Crippen LogP contribution in [-0.2, 0) is 16.4 Å². The van der Waals surface area contributed by atoms with Crippen molar-refractivity contribution in [1.29, 1.82) is 0 Å². The third-order valence-corrected chi connectivity index (χ3v) is 4.41. The van der Waals surface area contributed by atoms with Crippen LogP contribution in [0.5, 0.6) is 0 Å². The summed E-state index contributed by atoms with van der Waals surface area (Å²) in [5.41, 5.74) is 0.936. The maximum atomic E-state index is 13.1. The lowest BCUT2D eigenvalue weighted by Crippen LogP contribution is -2.34. The predicted octanol–water partition coefficient (Wildman–Crippen LogP) is 2.45. The molecular weight excluding hydrogens is 321 g/mol. The molecule has 1 aromatic carbocycles. The number of nitrogens with zero attached hydrogens (tertiary/aromatic N) is 1. The van der Waals surface area contributed by atoms with Gasteiger partial charge < -0.3 is 0 Å². The van der Waals surface area contributed by atoms with Crippen LogP contribution < -0.4 is 0 Å². The molecule has 3 nitrogen and oxygen atoms in total. The Morgan fingerprint density at radius 2 is 2.06 bits per heavy atom. The van der Waals surface area contributed by atoms with E-state index in [0.717, 1.165) is 5.56 Å². The van der Waals surface area contributed by atoms with Gasteiger partial charge in [0.25, 0.3) is 0 Å². The summed E-state index contributed by atoms with van der Waals surface area (Å²) in [6, 6.07) is 4.72. The molecule has 0 spiro atoms. The van der Waals surface area contributed by atoms with Gasteiger partial charge in [0.05, 0.1) is 10.2 Å². The van der Waals surface area contributed by atoms with E-state index in [0.29, 0.717) is 11.0 Å². The van der Waals surface area contributed by atoms with Crippen LogP contribution in [0.4, 0.5) is 4.39 Å². The molecule has 1 rings (SSSR count). The van der Waals surface area contributed by atoms with Crippen molar-refractivity contribution in [3.05, 3.63) is 34.1 Å². The molecule has 0 saturated heterocycles. The maximum Gasteiger partial charge on any atom is 0.148 e. The summed E-state index contributed by atoms with van der Waals surface area (Å²) >= 11 is 3.13. The minimum Gasteiger partial charge on any atom is -0.298 e. The molecular formula is C12H17BrFNO2S. The molecule has 0 aliphatic heterocycles. The average Bonchev–Trinajstić information content (AvgIpc) is 2.21. The summed E-state index contributed by atoms with van der Waals surface area (Å²) in [5, 5.41) is 0. The van der Waals surface area contributed by atoms with Crippen molar-refractivity contribution >= 4 is 25.8 Å². The zero-order valence-corrected chi connectivity index (χ0v) is 13.1. The van der Waals surface area contributed by atoms with Crippen LogP contribution in [0.15, 0.2) is 22.7 Å². The molecule has 0 aliphatic carbocycles. The second-order valence-electron chi connectivity index (χ2n) is 4.61. The van der Waals surface area contributed by atoms with Gasteiger partial charge in [-0.1, -0.05) is 6.07 Å². The molecule has 0 heterocycles.